The summed E-state index contributed by atoms with van der Waals surface area (Å²) in [5, 5.41) is 4.43. The van der Waals surface area contributed by atoms with Crippen molar-refractivity contribution >= 4 is 5.91 Å². The lowest BCUT2D eigenvalue weighted by Crippen LogP contribution is -2.17. The molecular formula is C13H16N4O. The van der Waals surface area contributed by atoms with Gasteiger partial charge < -0.3 is 5.73 Å². The van der Waals surface area contributed by atoms with Crippen LogP contribution in [0.5, 0.6) is 0 Å². The first-order valence-electron chi connectivity index (χ1n) is 5.71. The summed E-state index contributed by atoms with van der Waals surface area (Å²) in [6, 6.07) is 7.15. The summed E-state index contributed by atoms with van der Waals surface area (Å²) in [6.45, 7) is 6.09. The van der Waals surface area contributed by atoms with Crippen molar-refractivity contribution in [1.29, 1.82) is 0 Å². The van der Waals surface area contributed by atoms with E-state index in [1.54, 1.807) is 18.3 Å². The van der Waals surface area contributed by atoms with E-state index in [2.05, 4.69) is 10.1 Å². The zero-order chi connectivity index (χ0) is 13.3. The van der Waals surface area contributed by atoms with Crippen molar-refractivity contribution in [3.05, 3.63) is 41.9 Å². The number of nitrogens with zero attached hydrogens (tertiary/aromatic N) is 3. The lowest BCUT2D eigenvalue weighted by atomic mass is 9.92. The number of primary amides is 1. The van der Waals surface area contributed by atoms with E-state index in [1.807, 2.05) is 32.9 Å². The molecule has 0 aliphatic heterocycles. The summed E-state index contributed by atoms with van der Waals surface area (Å²) in [4.78, 5) is 15.6. The number of carbonyl (C=O) groups excluding carboxylic acids is 1. The first-order valence-corrected chi connectivity index (χ1v) is 5.71. The molecule has 0 aliphatic rings. The quantitative estimate of drug-likeness (QED) is 0.873. The minimum absolute atomic E-state index is 0.149. The van der Waals surface area contributed by atoms with Gasteiger partial charge in [-0.3, -0.25) is 4.79 Å². The molecule has 0 atom stereocenters. The number of carbonyl (C=O) groups is 1. The predicted molar refractivity (Wildman–Crippen MR) is 68.6 cm³/mol. The molecule has 5 heteroatoms. The topological polar surface area (TPSA) is 73.8 Å². The van der Waals surface area contributed by atoms with E-state index in [0.717, 1.165) is 5.69 Å². The third-order valence-electron chi connectivity index (χ3n) is 2.60. The maximum absolute atomic E-state index is 11.5. The molecule has 0 aliphatic carbocycles. The van der Waals surface area contributed by atoms with Crippen molar-refractivity contribution in [2.45, 2.75) is 26.2 Å². The van der Waals surface area contributed by atoms with Crippen LogP contribution in [0.2, 0.25) is 0 Å². The molecule has 1 amide bonds. The maximum atomic E-state index is 11.5. The van der Waals surface area contributed by atoms with Gasteiger partial charge in [0.05, 0.1) is 5.69 Å². The summed E-state index contributed by atoms with van der Waals surface area (Å²) >= 11 is 0. The maximum Gasteiger partial charge on any atom is 0.267 e. The van der Waals surface area contributed by atoms with Gasteiger partial charge >= 0.3 is 0 Å². The molecule has 2 heterocycles. The summed E-state index contributed by atoms with van der Waals surface area (Å²) in [6.07, 6.45) is 1.65. The number of nitrogens with two attached hydrogens (primary N) is 1. The number of hydrogen-bond donors (Lipinski definition) is 1. The number of pyridine rings is 1. The Kier molecular flexibility index (Phi) is 2.90. The second-order valence-electron chi connectivity index (χ2n) is 5.13. The first-order chi connectivity index (χ1) is 8.39. The fourth-order valence-electron chi connectivity index (χ4n) is 1.58. The summed E-state index contributed by atoms with van der Waals surface area (Å²) in [5.41, 5.74) is 6.39. The van der Waals surface area contributed by atoms with Crippen LogP contribution in [0.1, 0.15) is 37.0 Å². The SMILES string of the molecule is CC(C)(C)c1cc(C(N)=O)n(-c2ccccn2)n1. The molecular weight excluding hydrogens is 228 g/mol. The van der Waals surface area contributed by atoms with Gasteiger partial charge in [-0.1, -0.05) is 26.8 Å². The van der Waals surface area contributed by atoms with Crippen molar-refractivity contribution < 1.29 is 4.79 Å². The molecule has 2 N–H and O–H groups in total. The van der Waals surface area contributed by atoms with E-state index in [0.29, 0.717) is 11.5 Å². The number of rotatable bonds is 2. The summed E-state index contributed by atoms with van der Waals surface area (Å²) in [5.74, 6) is 0.0745. The average Bonchev–Trinajstić information content (AvgIpc) is 2.74. The van der Waals surface area contributed by atoms with E-state index in [-0.39, 0.29) is 5.41 Å². The van der Waals surface area contributed by atoms with Gasteiger partial charge in [0.1, 0.15) is 5.69 Å². The third-order valence-corrected chi connectivity index (χ3v) is 2.60. The van der Waals surface area contributed by atoms with E-state index < -0.39 is 5.91 Å². The Labute approximate surface area is 106 Å². The number of aromatic nitrogens is 3. The molecule has 0 radical (unpaired) electrons. The average molecular weight is 244 g/mol. The zero-order valence-electron chi connectivity index (χ0n) is 10.7. The lowest BCUT2D eigenvalue weighted by Gasteiger charge is -2.14. The minimum Gasteiger partial charge on any atom is -0.364 e. The van der Waals surface area contributed by atoms with Crippen LogP contribution in [0, 0.1) is 0 Å². The molecule has 0 spiro atoms. The molecule has 0 fully saturated rings. The van der Waals surface area contributed by atoms with Gasteiger partial charge in [-0.2, -0.15) is 5.10 Å². The standard InChI is InChI=1S/C13H16N4O/c1-13(2,3)10-8-9(12(14)18)17(16-10)11-6-4-5-7-15-11/h4-8H,1-3H3,(H2,14,18). The van der Waals surface area contributed by atoms with Gasteiger partial charge in [0.2, 0.25) is 0 Å². The van der Waals surface area contributed by atoms with Crippen LogP contribution in [0.25, 0.3) is 5.82 Å². The second kappa shape index (κ2) is 4.25. The summed E-state index contributed by atoms with van der Waals surface area (Å²) < 4.78 is 1.49. The Morgan fingerprint density at radius 2 is 2.06 bits per heavy atom. The van der Waals surface area contributed by atoms with Crippen LogP contribution in [-0.2, 0) is 5.41 Å². The molecule has 0 bridgehead atoms. The van der Waals surface area contributed by atoms with E-state index in [1.165, 1.54) is 4.68 Å². The highest BCUT2D eigenvalue weighted by molar-refractivity contribution is 5.91. The largest absolute Gasteiger partial charge is 0.364 e. The Morgan fingerprint density at radius 1 is 1.33 bits per heavy atom. The van der Waals surface area contributed by atoms with Gasteiger partial charge in [-0.25, -0.2) is 9.67 Å². The normalized spacial score (nSPS) is 11.5. The van der Waals surface area contributed by atoms with Gasteiger partial charge in [-0.15, -0.1) is 0 Å². The molecule has 2 aromatic rings. The van der Waals surface area contributed by atoms with Crippen LogP contribution >= 0.6 is 0 Å². The second-order valence-corrected chi connectivity index (χ2v) is 5.13. The van der Waals surface area contributed by atoms with Crippen molar-refractivity contribution in [1.82, 2.24) is 14.8 Å². The molecule has 5 nitrogen and oxygen atoms in total. The minimum atomic E-state index is -0.511. The van der Waals surface area contributed by atoms with Crippen molar-refractivity contribution in [2.24, 2.45) is 5.73 Å². The fourth-order valence-corrected chi connectivity index (χ4v) is 1.58. The van der Waals surface area contributed by atoms with Crippen molar-refractivity contribution in [3.8, 4) is 5.82 Å². The monoisotopic (exact) mass is 244 g/mol. The fraction of sp³-hybridized carbons (Fsp3) is 0.308. The highest BCUT2D eigenvalue weighted by Gasteiger charge is 2.22. The Hall–Kier alpha value is -2.17. The van der Waals surface area contributed by atoms with E-state index >= 15 is 0 Å². The van der Waals surface area contributed by atoms with Crippen molar-refractivity contribution in [3.63, 3.8) is 0 Å². The van der Waals surface area contributed by atoms with Crippen LogP contribution in [0.3, 0.4) is 0 Å². The van der Waals surface area contributed by atoms with Crippen LogP contribution in [-0.4, -0.2) is 20.7 Å². The molecule has 2 aromatic heterocycles. The Balaban J connectivity index is 2.60. The zero-order valence-corrected chi connectivity index (χ0v) is 10.7. The molecule has 18 heavy (non-hydrogen) atoms. The first kappa shape index (κ1) is 12.3. The van der Waals surface area contributed by atoms with Crippen LogP contribution < -0.4 is 5.73 Å². The lowest BCUT2D eigenvalue weighted by molar-refractivity contribution is 0.0993. The molecule has 2 rings (SSSR count). The van der Waals surface area contributed by atoms with Gasteiger partial charge in [0, 0.05) is 11.6 Å². The van der Waals surface area contributed by atoms with E-state index in [4.69, 9.17) is 5.73 Å². The van der Waals surface area contributed by atoms with Crippen LogP contribution in [0.15, 0.2) is 30.5 Å². The Bertz CT molecular complexity index is 566. The third kappa shape index (κ3) is 2.25. The molecule has 0 aromatic carbocycles. The molecule has 0 saturated heterocycles. The van der Waals surface area contributed by atoms with Crippen LogP contribution in [0.4, 0.5) is 0 Å². The van der Waals surface area contributed by atoms with Crippen molar-refractivity contribution in [2.75, 3.05) is 0 Å². The molecule has 94 valence electrons. The van der Waals surface area contributed by atoms with Gasteiger partial charge in [0.25, 0.3) is 5.91 Å². The summed E-state index contributed by atoms with van der Waals surface area (Å²) in [7, 11) is 0. The van der Waals surface area contributed by atoms with Gasteiger partial charge in [-0.05, 0) is 18.2 Å². The smallest absolute Gasteiger partial charge is 0.267 e. The highest BCUT2D eigenvalue weighted by Crippen LogP contribution is 2.22. The van der Waals surface area contributed by atoms with E-state index in [9.17, 15) is 4.79 Å². The molecule has 0 saturated carbocycles. The Morgan fingerprint density at radius 3 is 2.56 bits per heavy atom. The predicted octanol–water partition coefficient (Wildman–Crippen LogP) is 1.66. The number of hydrogen-bond acceptors (Lipinski definition) is 3. The molecule has 0 unspecified atom stereocenters. The highest BCUT2D eigenvalue weighted by atomic mass is 16.1. The van der Waals surface area contributed by atoms with Gasteiger partial charge in [0.15, 0.2) is 5.82 Å². The number of amides is 1.